The number of fused-ring (bicyclic) bond motifs is 3. The van der Waals surface area contributed by atoms with Gasteiger partial charge in [0.05, 0.1) is 14.5 Å². The summed E-state index contributed by atoms with van der Waals surface area (Å²) in [4.78, 5) is 14.4. The molecule has 2 aromatic rings. The van der Waals surface area contributed by atoms with Gasteiger partial charge >= 0.3 is 0 Å². The van der Waals surface area contributed by atoms with Crippen LogP contribution < -0.4 is 10.6 Å². The normalized spacial score (nSPS) is 21.2. The van der Waals surface area contributed by atoms with Crippen molar-refractivity contribution in [3.63, 3.8) is 0 Å². The number of thiophene rings is 1. The molecule has 0 saturated carbocycles. The molecule has 1 aromatic carbocycles. The van der Waals surface area contributed by atoms with E-state index in [1.54, 1.807) is 17.4 Å². The monoisotopic (exact) mass is 604 g/mol. The SMILES string of the molecule is CCC(C)(C)C1CCc2c(sc3c2C(=O)NC(c2c(Br)cc(Br)c(O)c2Br)N3)C1. The third kappa shape index (κ3) is 3.68. The van der Waals surface area contributed by atoms with Crippen LogP contribution in [0.3, 0.4) is 0 Å². The average Bonchev–Trinajstić information content (AvgIpc) is 3.04. The highest BCUT2D eigenvalue weighted by molar-refractivity contribution is 9.11. The molecule has 1 aromatic heterocycles. The third-order valence-electron chi connectivity index (χ3n) is 6.53. The molecule has 29 heavy (non-hydrogen) atoms. The molecule has 0 saturated heterocycles. The van der Waals surface area contributed by atoms with Crippen molar-refractivity contribution < 1.29 is 9.90 Å². The Morgan fingerprint density at radius 2 is 1.97 bits per heavy atom. The lowest BCUT2D eigenvalue weighted by molar-refractivity contribution is 0.0934. The van der Waals surface area contributed by atoms with E-state index in [1.807, 2.05) is 0 Å². The van der Waals surface area contributed by atoms with Crippen LogP contribution in [-0.4, -0.2) is 11.0 Å². The van der Waals surface area contributed by atoms with E-state index in [4.69, 9.17) is 0 Å². The van der Waals surface area contributed by atoms with E-state index < -0.39 is 6.17 Å². The van der Waals surface area contributed by atoms with E-state index in [0.717, 1.165) is 46.3 Å². The van der Waals surface area contributed by atoms with Crippen LogP contribution in [0.25, 0.3) is 0 Å². The van der Waals surface area contributed by atoms with Gasteiger partial charge in [-0.3, -0.25) is 4.79 Å². The van der Waals surface area contributed by atoms with Gasteiger partial charge in [-0.2, -0.15) is 0 Å². The fraction of sp³-hybridized carbons (Fsp3) is 0.476. The standard InChI is InChI=1S/C21H23Br3N2O2S/c1-4-21(2,3)9-5-6-10-13(7-9)29-20-14(10)19(28)25-18(26-20)15-11(22)8-12(23)17(27)16(15)24/h8-9,18,26-27H,4-7H2,1-3H3,(H,25,28). The second-order valence-electron chi connectivity index (χ2n) is 8.46. The lowest BCUT2D eigenvalue weighted by Crippen LogP contribution is -2.39. The van der Waals surface area contributed by atoms with Crippen LogP contribution >= 0.6 is 59.1 Å². The van der Waals surface area contributed by atoms with Crippen molar-refractivity contribution in [2.24, 2.45) is 11.3 Å². The Hall–Kier alpha value is -0.570. The first-order chi connectivity index (χ1) is 13.6. The van der Waals surface area contributed by atoms with Crippen molar-refractivity contribution in [1.29, 1.82) is 0 Å². The molecule has 2 atom stereocenters. The minimum absolute atomic E-state index is 0.0457. The number of carbonyl (C=O) groups excluding carboxylic acids is 1. The molecule has 2 unspecified atom stereocenters. The van der Waals surface area contributed by atoms with Crippen LogP contribution in [0, 0.1) is 11.3 Å². The molecule has 3 N–H and O–H groups in total. The van der Waals surface area contributed by atoms with Crippen LogP contribution in [0.15, 0.2) is 19.5 Å². The Morgan fingerprint density at radius 1 is 1.24 bits per heavy atom. The highest BCUT2D eigenvalue weighted by Crippen LogP contribution is 2.48. The maximum atomic E-state index is 13.1. The van der Waals surface area contributed by atoms with Gasteiger partial charge in [0.1, 0.15) is 16.9 Å². The Bertz CT molecular complexity index is 1000. The molecule has 0 fully saturated rings. The first-order valence-electron chi connectivity index (χ1n) is 9.72. The number of carbonyl (C=O) groups is 1. The Morgan fingerprint density at radius 3 is 2.66 bits per heavy atom. The van der Waals surface area contributed by atoms with Crippen LogP contribution in [0.1, 0.15) is 66.1 Å². The van der Waals surface area contributed by atoms with E-state index in [-0.39, 0.29) is 11.7 Å². The predicted octanol–water partition coefficient (Wildman–Crippen LogP) is 7.14. The van der Waals surface area contributed by atoms with Crippen LogP contribution in [0.5, 0.6) is 5.75 Å². The van der Waals surface area contributed by atoms with Gasteiger partial charge in [0.2, 0.25) is 0 Å². The fourth-order valence-corrected chi connectivity index (χ4v) is 8.19. The lowest BCUT2D eigenvalue weighted by Gasteiger charge is -2.36. The number of amides is 1. The van der Waals surface area contributed by atoms with Crippen molar-refractivity contribution in [2.75, 3.05) is 5.32 Å². The van der Waals surface area contributed by atoms with E-state index in [0.29, 0.717) is 20.3 Å². The molecule has 156 valence electrons. The Kier molecular flexibility index (Phi) is 5.86. The molecular weight excluding hydrogens is 584 g/mol. The van der Waals surface area contributed by atoms with Crippen molar-refractivity contribution >= 4 is 70.0 Å². The number of phenols is 1. The smallest absolute Gasteiger partial charge is 0.256 e. The highest BCUT2D eigenvalue weighted by atomic mass is 79.9. The zero-order valence-electron chi connectivity index (χ0n) is 16.5. The van der Waals surface area contributed by atoms with Gasteiger partial charge in [0.15, 0.2) is 0 Å². The molecule has 1 amide bonds. The maximum Gasteiger partial charge on any atom is 0.256 e. The first kappa shape index (κ1) is 21.7. The summed E-state index contributed by atoms with van der Waals surface area (Å²) in [6.45, 7) is 6.97. The number of hydrogen-bond donors (Lipinski definition) is 3. The van der Waals surface area contributed by atoms with Gasteiger partial charge in [-0.15, -0.1) is 11.3 Å². The number of hydrogen-bond acceptors (Lipinski definition) is 4. The molecule has 4 rings (SSSR count). The Labute approximate surface area is 200 Å². The zero-order valence-corrected chi connectivity index (χ0v) is 22.0. The summed E-state index contributed by atoms with van der Waals surface area (Å²) in [6, 6.07) is 1.79. The van der Waals surface area contributed by atoms with Crippen molar-refractivity contribution in [1.82, 2.24) is 5.32 Å². The van der Waals surface area contributed by atoms with E-state index in [9.17, 15) is 9.90 Å². The first-order valence-corrected chi connectivity index (χ1v) is 12.9. The summed E-state index contributed by atoms with van der Waals surface area (Å²) in [5.41, 5.74) is 3.10. The molecule has 1 aliphatic heterocycles. The largest absolute Gasteiger partial charge is 0.506 e. The van der Waals surface area contributed by atoms with E-state index >= 15 is 0 Å². The van der Waals surface area contributed by atoms with Gasteiger partial charge < -0.3 is 15.7 Å². The second-order valence-corrected chi connectivity index (χ2v) is 12.1. The summed E-state index contributed by atoms with van der Waals surface area (Å²) >= 11 is 12.1. The summed E-state index contributed by atoms with van der Waals surface area (Å²) in [5, 5.41) is 17.8. The third-order valence-corrected chi connectivity index (χ3v) is 9.78. The molecule has 1 aliphatic carbocycles. The molecule has 2 aliphatic rings. The zero-order chi connectivity index (χ0) is 21.1. The highest BCUT2D eigenvalue weighted by Gasteiger charge is 2.38. The minimum Gasteiger partial charge on any atom is -0.506 e. The summed E-state index contributed by atoms with van der Waals surface area (Å²) in [6.07, 6.45) is 3.86. The van der Waals surface area contributed by atoms with Gasteiger partial charge in [-0.25, -0.2) is 0 Å². The fourth-order valence-electron chi connectivity index (χ4n) is 4.26. The molecule has 0 bridgehead atoms. The topological polar surface area (TPSA) is 61.4 Å². The van der Waals surface area contributed by atoms with Gasteiger partial charge in [-0.1, -0.05) is 43.1 Å². The molecular formula is C21H23Br3N2O2S. The van der Waals surface area contributed by atoms with Gasteiger partial charge in [0.25, 0.3) is 5.91 Å². The van der Waals surface area contributed by atoms with E-state index in [1.165, 1.54) is 10.4 Å². The van der Waals surface area contributed by atoms with Crippen molar-refractivity contribution in [2.45, 2.75) is 52.6 Å². The Balaban J connectivity index is 1.69. The maximum absolute atomic E-state index is 13.1. The summed E-state index contributed by atoms with van der Waals surface area (Å²) in [7, 11) is 0. The van der Waals surface area contributed by atoms with Crippen LogP contribution in [-0.2, 0) is 12.8 Å². The quantitative estimate of drug-likeness (QED) is 0.348. The average molecular weight is 607 g/mol. The van der Waals surface area contributed by atoms with Crippen LogP contribution in [0.4, 0.5) is 5.00 Å². The number of rotatable bonds is 3. The molecule has 0 spiro atoms. The number of benzene rings is 1. The summed E-state index contributed by atoms with van der Waals surface area (Å²) in [5.74, 6) is 0.710. The predicted molar refractivity (Wildman–Crippen MR) is 129 cm³/mol. The molecule has 0 radical (unpaired) electrons. The molecule has 4 nitrogen and oxygen atoms in total. The van der Waals surface area contributed by atoms with Crippen molar-refractivity contribution in [3.05, 3.63) is 41.1 Å². The second kappa shape index (κ2) is 7.84. The molecule has 8 heteroatoms. The van der Waals surface area contributed by atoms with Gasteiger partial charge in [0, 0.05) is 14.9 Å². The van der Waals surface area contributed by atoms with E-state index in [2.05, 4.69) is 79.2 Å². The number of halogens is 3. The number of aromatic hydroxyl groups is 1. The lowest BCUT2D eigenvalue weighted by atomic mass is 9.69. The van der Waals surface area contributed by atoms with Gasteiger partial charge in [-0.05, 0) is 74.1 Å². The number of phenolic OH excluding ortho intramolecular Hbond substituents is 1. The van der Waals surface area contributed by atoms with Crippen LogP contribution in [0.2, 0.25) is 0 Å². The minimum atomic E-state index is -0.430. The number of anilines is 1. The molecule has 2 heterocycles. The summed E-state index contributed by atoms with van der Waals surface area (Å²) < 4.78 is 1.92. The number of nitrogens with one attached hydrogen (secondary N) is 2. The van der Waals surface area contributed by atoms with Crippen molar-refractivity contribution in [3.8, 4) is 5.75 Å².